The van der Waals surface area contributed by atoms with Crippen LogP contribution in [0.1, 0.15) is 67.2 Å². The molecule has 0 bridgehead atoms. The van der Waals surface area contributed by atoms with Crippen LogP contribution in [0, 0.1) is 11.3 Å². The van der Waals surface area contributed by atoms with Crippen molar-refractivity contribution in [1.29, 1.82) is 0 Å². The van der Waals surface area contributed by atoms with Crippen LogP contribution >= 0.6 is 0 Å². The van der Waals surface area contributed by atoms with Crippen molar-refractivity contribution in [2.45, 2.75) is 108 Å². The van der Waals surface area contributed by atoms with E-state index in [2.05, 4.69) is 31.7 Å². The Morgan fingerprint density at radius 1 is 1.08 bits per heavy atom. The van der Waals surface area contributed by atoms with Crippen LogP contribution in [-0.4, -0.2) is 89.5 Å². The van der Waals surface area contributed by atoms with Crippen molar-refractivity contribution in [3.05, 3.63) is 37.1 Å². The summed E-state index contributed by atoms with van der Waals surface area (Å²) in [6, 6.07) is 1.71. The number of hydrogen-bond acceptors (Lipinski definition) is 11. The maximum atomic E-state index is 14.4. The summed E-state index contributed by atoms with van der Waals surface area (Å²) in [6.45, 7) is 13.7. The van der Waals surface area contributed by atoms with Gasteiger partial charge in [0.15, 0.2) is 11.5 Å². The maximum absolute atomic E-state index is 14.4. The Hall–Kier alpha value is -4.74. The van der Waals surface area contributed by atoms with Gasteiger partial charge in [0.2, 0.25) is 27.7 Å². The Bertz CT molecular complexity index is 1980. The molecule has 2 aromatic rings. The van der Waals surface area contributed by atoms with Gasteiger partial charge in [0.05, 0.1) is 11.8 Å². The number of likely N-dealkylation sites (tertiary alicyclic amines) is 1. The van der Waals surface area contributed by atoms with Gasteiger partial charge in [0.25, 0.3) is 5.91 Å². The Labute approximate surface area is 305 Å². The van der Waals surface area contributed by atoms with Gasteiger partial charge in [-0.2, -0.15) is 0 Å². The minimum atomic E-state index is -3.95. The largest absolute Gasteiger partial charge is 0.586 e. The number of fused-ring (bicyclic) bond motifs is 3. The standard InChI is InChI=1S/C35H43F2N5O10S/c1-8-18-16-34(18,30(45)41-53(47,48)20-9-10-20)40-27(43)23-15-19(17-42(23)29(44)26(32(2,3)4)39-31(46)52-33(5,6)7)49-28-22-11-12-24-25(21(22)13-14-38-28)51-35(36,37)50-24/h8,11-14,18-20,23,26H,1,9-10,15-17H2,2-7H3,(H,39,46)(H,40,43)(H,41,45)/t18-,19?,23+,26-,34-/m1/s1. The number of nitrogens with one attached hydrogen (secondary N) is 3. The second-order valence-corrected chi connectivity index (χ2v) is 17.8. The second-order valence-electron chi connectivity index (χ2n) is 15.9. The van der Waals surface area contributed by atoms with Gasteiger partial charge < -0.3 is 34.5 Å². The maximum Gasteiger partial charge on any atom is 0.586 e. The van der Waals surface area contributed by atoms with E-state index < -0.39 is 86.0 Å². The number of alkyl carbamates (subject to hydrolysis) is 1. The monoisotopic (exact) mass is 763 g/mol. The number of benzene rings is 1. The molecule has 1 unspecified atom stereocenters. The molecule has 3 heterocycles. The van der Waals surface area contributed by atoms with Crippen molar-refractivity contribution in [3.8, 4) is 17.4 Å². The van der Waals surface area contributed by atoms with Gasteiger partial charge in [-0.05, 0) is 63.6 Å². The summed E-state index contributed by atoms with van der Waals surface area (Å²) in [5.74, 6) is -3.32. The van der Waals surface area contributed by atoms with Crippen LogP contribution in [-0.2, 0) is 29.1 Å². The van der Waals surface area contributed by atoms with Crippen molar-refractivity contribution in [3.63, 3.8) is 0 Å². The van der Waals surface area contributed by atoms with Crippen molar-refractivity contribution in [2.75, 3.05) is 6.54 Å². The van der Waals surface area contributed by atoms with E-state index in [1.165, 1.54) is 35.4 Å². The molecule has 3 fully saturated rings. The molecule has 0 radical (unpaired) electrons. The topological polar surface area (TPSA) is 192 Å². The lowest BCUT2D eigenvalue weighted by Gasteiger charge is -2.36. The Morgan fingerprint density at radius 2 is 1.77 bits per heavy atom. The average molecular weight is 764 g/mol. The van der Waals surface area contributed by atoms with Crippen LogP contribution in [0.15, 0.2) is 37.1 Å². The highest BCUT2D eigenvalue weighted by atomic mass is 32.2. The van der Waals surface area contributed by atoms with E-state index in [-0.39, 0.29) is 47.5 Å². The number of rotatable bonds is 10. The van der Waals surface area contributed by atoms with Gasteiger partial charge >= 0.3 is 12.4 Å². The van der Waals surface area contributed by atoms with Crippen molar-refractivity contribution < 1.29 is 55.3 Å². The minimum Gasteiger partial charge on any atom is -0.472 e. The first-order chi connectivity index (χ1) is 24.5. The van der Waals surface area contributed by atoms with E-state index in [4.69, 9.17) is 14.2 Å². The zero-order valence-electron chi connectivity index (χ0n) is 30.2. The van der Waals surface area contributed by atoms with E-state index >= 15 is 0 Å². The van der Waals surface area contributed by atoms with Crippen LogP contribution in [0.25, 0.3) is 10.8 Å². The Balaban J connectivity index is 1.30. The molecule has 1 aromatic carbocycles. The summed E-state index contributed by atoms with van der Waals surface area (Å²) in [6.07, 6.45) is -2.08. The summed E-state index contributed by atoms with van der Waals surface area (Å²) in [4.78, 5) is 60.5. The molecule has 1 aromatic heterocycles. The van der Waals surface area contributed by atoms with E-state index in [0.717, 1.165) is 0 Å². The molecule has 2 saturated carbocycles. The first-order valence-corrected chi connectivity index (χ1v) is 18.7. The first kappa shape index (κ1) is 38.0. The van der Waals surface area contributed by atoms with Crippen LogP contribution < -0.4 is 29.6 Å². The number of amides is 4. The number of sulfonamides is 1. The third-order valence-corrected chi connectivity index (χ3v) is 11.2. The SMILES string of the molecule is C=C[C@@H]1C[C@]1(NC(=O)[C@@H]1CC(Oc2nccc3c4c(ccc23)OC(F)(F)O4)CN1C(=O)[C@@H](NC(=O)OC(C)(C)C)C(C)(C)C)C(=O)NS(=O)(=O)C1CC1. The summed E-state index contributed by atoms with van der Waals surface area (Å²) in [5.41, 5.74) is -3.40. The van der Waals surface area contributed by atoms with Gasteiger partial charge in [-0.15, -0.1) is 15.4 Å². The quantitative estimate of drug-likeness (QED) is 0.300. The summed E-state index contributed by atoms with van der Waals surface area (Å²) in [5, 5.41) is 5.17. The van der Waals surface area contributed by atoms with Crippen LogP contribution in [0.5, 0.6) is 17.4 Å². The van der Waals surface area contributed by atoms with Gasteiger partial charge in [0.1, 0.15) is 29.3 Å². The molecular formula is C35H43F2N5O10S. The number of halogens is 2. The summed E-state index contributed by atoms with van der Waals surface area (Å²) < 4.78 is 76.2. The lowest BCUT2D eigenvalue weighted by atomic mass is 9.85. The molecule has 3 N–H and O–H groups in total. The molecule has 2 aliphatic heterocycles. The highest BCUT2D eigenvalue weighted by Crippen LogP contribution is 2.48. The number of alkyl halides is 2. The van der Waals surface area contributed by atoms with E-state index in [1.807, 2.05) is 0 Å². The molecule has 6 rings (SSSR count). The molecule has 1 saturated heterocycles. The number of hydrogen-bond donors (Lipinski definition) is 3. The van der Waals surface area contributed by atoms with Crippen molar-refractivity contribution in [2.24, 2.45) is 11.3 Å². The van der Waals surface area contributed by atoms with Crippen LogP contribution in [0.2, 0.25) is 0 Å². The predicted molar refractivity (Wildman–Crippen MR) is 184 cm³/mol. The lowest BCUT2D eigenvalue weighted by Crippen LogP contribution is -2.60. The van der Waals surface area contributed by atoms with Crippen LogP contribution in [0.3, 0.4) is 0 Å². The molecule has 4 amide bonds. The minimum absolute atomic E-state index is 0.00290. The fourth-order valence-corrected chi connectivity index (χ4v) is 7.88. The molecule has 18 heteroatoms. The van der Waals surface area contributed by atoms with Crippen molar-refractivity contribution >= 4 is 44.6 Å². The van der Waals surface area contributed by atoms with Gasteiger partial charge in [-0.3, -0.25) is 19.1 Å². The van der Waals surface area contributed by atoms with Crippen molar-refractivity contribution in [1.82, 2.24) is 25.2 Å². The van der Waals surface area contributed by atoms with E-state index in [9.17, 15) is 36.4 Å². The molecule has 15 nitrogen and oxygen atoms in total. The molecule has 288 valence electrons. The van der Waals surface area contributed by atoms with Gasteiger partial charge in [-0.1, -0.05) is 26.8 Å². The second kappa shape index (κ2) is 13.0. The number of carbonyl (C=O) groups excluding carboxylic acids is 4. The fourth-order valence-electron chi connectivity index (χ4n) is 6.52. The number of ether oxygens (including phenoxy) is 4. The fraction of sp³-hybridized carbons (Fsp3) is 0.571. The predicted octanol–water partition coefficient (Wildman–Crippen LogP) is 3.51. The first-order valence-electron chi connectivity index (χ1n) is 17.2. The molecule has 2 aliphatic carbocycles. The molecule has 4 aliphatic rings. The lowest BCUT2D eigenvalue weighted by molar-refractivity contribution is -0.286. The molecule has 53 heavy (non-hydrogen) atoms. The number of aromatic nitrogens is 1. The van der Waals surface area contributed by atoms with Gasteiger partial charge in [-0.25, -0.2) is 18.2 Å². The van der Waals surface area contributed by atoms with E-state index in [1.54, 1.807) is 41.5 Å². The zero-order valence-corrected chi connectivity index (χ0v) is 31.0. The molecular weight excluding hydrogens is 720 g/mol. The number of nitrogens with zero attached hydrogens (tertiary/aromatic N) is 2. The van der Waals surface area contributed by atoms with Gasteiger partial charge in [0, 0.05) is 29.3 Å². The smallest absolute Gasteiger partial charge is 0.472 e. The summed E-state index contributed by atoms with van der Waals surface area (Å²) in [7, 11) is -3.95. The highest BCUT2D eigenvalue weighted by Gasteiger charge is 2.62. The Kier molecular flexibility index (Phi) is 9.31. The molecule has 5 atom stereocenters. The number of carbonyl (C=O) groups is 4. The molecule has 0 spiro atoms. The highest BCUT2D eigenvalue weighted by molar-refractivity contribution is 7.91. The Morgan fingerprint density at radius 3 is 2.38 bits per heavy atom. The summed E-state index contributed by atoms with van der Waals surface area (Å²) >= 11 is 0. The third-order valence-electron chi connectivity index (χ3n) is 9.42. The zero-order chi connectivity index (χ0) is 38.9. The van der Waals surface area contributed by atoms with E-state index in [0.29, 0.717) is 12.8 Å². The third kappa shape index (κ3) is 7.82. The van der Waals surface area contributed by atoms with Crippen LogP contribution in [0.4, 0.5) is 13.6 Å². The average Bonchev–Trinajstić information content (AvgIpc) is 3.94. The normalized spacial score (nSPS) is 25.3. The number of pyridine rings is 1.